The summed E-state index contributed by atoms with van der Waals surface area (Å²) >= 11 is 0.879. The molecule has 3 atom stereocenters. The zero-order valence-corrected chi connectivity index (χ0v) is 35.5. The molecule has 2 saturated heterocycles. The summed E-state index contributed by atoms with van der Waals surface area (Å²) in [6.45, 7) is 19.1. The quantitative estimate of drug-likeness (QED) is 0.0235. The monoisotopic (exact) mass is 836 g/mol. The molecule has 2 aliphatic rings. The Morgan fingerprint density at radius 2 is 1.69 bits per heavy atom. The first-order chi connectivity index (χ1) is 25.1. The summed E-state index contributed by atoms with van der Waals surface area (Å²) in [4.78, 5) is 75.7. The van der Waals surface area contributed by atoms with Crippen LogP contribution in [-0.2, 0) is 53.2 Å². The van der Waals surface area contributed by atoms with Crippen molar-refractivity contribution in [2.24, 2.45) is 5.16 Å². The lowest BCUT2D eigenvalue weighted by molar-refractivity contribution is -0.179. The molecule has 0 spiro atoms. The fraction of sp³-hybridized carbons (Fsp3) is 0.719. The molecule has 0 aromatic carbocycles. The van der Waals surface area contributed by atoms with Gasteiger partial charge >= 0.3 is 28.5 Å². The van der Waals surface area contributed by atoms with Crippen molar-refractivity contribution in [3.05, 3.63) is 11.1 Å². The Morgan fingerprint density at radius 3 is 2.27 bits per heavy atom. The molecule has 3 N–H and O–H groups in total. The standard InChI is InChI=1S/C32H52N6O14S2Si/c1-30(2,3)50-26(41)32(7,8)52-36-22(20-17-53-27(33-20)35-28(42)51-31(4,5)6)24(39)34-23-21(38(25(23)40)54(44,45)46)15-37-14-19(49-29(37)43)16-48-18-47-12-13-55(9,10)11/h17,19,21,23H,12-16,18H2,1-11H3,(H,34,39)(H,33,35,42)(H,44,45,46)/b36-22-/t19?,21-,23+/m1/s1. The maximum atomic E-state index is 13.8. The first kappa shape index (κ1) is 45.5. The van der Waals surface area contributed by atoms with E-state index in [2.05, 4.69) is 40.4 Å². The Labute approximate surface area is 325 Å². The number of nitrogens with one attached hydrogen (secondary N) is 2. The Kier molecular flexibility index (Phi) is 14.5. The number of hydrogen-bond acceptors (Lipinski definition) is 16. The van der Waals surface area contributed by atoms with Crippen molar-refractivity contribution in [1.82, 2.24) is 19.5 Å². The minimum Gasteiger partial charge on any atom is -0.457 e. The van der Waals surface area contributed by atoms with Crippen molar-refractivity contribution >= 4 is 70.5 Å². The molecule has 0 aliphatic carbocycles. The topological polar surface area (TPSA) is 251 Å². The average Bonchev–Trinajstić information content (AvgIpc) is 3.59. The molecule has 2 aliphatic heterocycles. The van der Waals surface area contributed by atoms with Crippen LogP contribution >= 0.6 is 11.3 Å². The van der Waals surface area contributed by atoms with Crippen molar-refractivity contribution in [3.63, 3.8) is 0 Å². The highest BCUT2D eigenvalue weighted by Gasteiger charge is 2.56. The van der Waals surface area contributed by atoms with Gasteiger partial charge in [-0.2, -0.15) is 8.42 Å². The van der Waals surface area contributed by atoms with E-state index in [0.717, 1.165) is 22.3 Å². The highest BCUT2D eigenvalue weighted by molar-refractivity contribution is 7.84. The van der Waals surface area contributed by atoms with Gasteiger partial charge in [-0.1, -0.05) is 24.8 Å². The highest BCUT2D eigenvalue weighted by Crippen LogP contribution is 2.27. The maximum absolute atomic E-state index is 13.8. The van der Waals surface area contributed by atoms with E-state index < -0.39 is 95.6 Å². The largest absolute Gasteiger partial charge is 0.457 e. The lowest BCUT2D eigenvalue weighted by Gasteiger charge is -2.45. The van der Waals surface area contributed by atoms with Crippen LogP contribution in [0.5, 0.6) is 0 Å². The van der Waals surface area contributed by atoms with E-state index >= 15 is 0 Å². The number of carbonyl (C=O) groups is 5. The summed E-state index contributed by atoms with van der Waals surface area (Å²) in [7, 11) is -6.44. The number of rotatable bonds is 17. The van der Waals surface area contributed by atoms with E-state index in [1.807, 2.05) is 0 Å². The van der Waals surface area contributed by atoms with Crippen molar-refractivity contribution < 1.29 is 65.5 Å². The van der Waals surface area contributed by atoms with Crippen molar-refractivity contribution in [2.75, 3.05) is 38.4 Å². The number of aromatic nitrogens is 1. The second-order valence-corrected chi connectivity index (χ2v) is 24.2. The number of amides is 4. The smallest absolute Gasteiger partial charge is 0.413 e. The molecule has 1 aromatic rings. The summed E-state index contributed by atoms with van der Waals surface area (Å²) in [6.07, 6.45) is -2.44. The van der Waals surface area contributed by atoms with E-state index in [4.69, 9.17) is 28.5 Å². The van der Waals surface area contributed by atoms with Crippen LogP contribution in [0.3, 0.4) is 0 Å². The molecule has 0 radical (unpaired) electrons. The van der Waals surface area contributed by atoms with E-state index in [9.17, 15) is 36.9 Å². The average molecular weight is 837 g/mol. The van der Waals surface area contributed by atoms with Gasteiger partial charge in [0.15, 0.2) is 10.8 Å². The Bertz CT molecular complexity index is 1730. The molecule has 3 rings (SSSR count). The number of hydrogen-bond donors (Lipinski definition) is 3. The number of cyclic esters (lactones) is 1. The van der Waals surface area contributed by atoms with Crippen LogP contribution in [0.1, 0.15) is 61.1 Å². The molecule has 2 fully saturated rings. The molecule has 0 bridgehead atoms. The van der Waals surface area contributed by atoms with E-state index in [0.29, 0.717) is 6.61 Å². The number of oxime groups is 1. The van der Waals surface area contributed by atoms with Gasteiger partial charge in [-0.25, -0.2) is 23.7 Å². The number of β-lactam (4-membered cyclic amide) rings is 1. The summed E-state index contributed by atoms with van der Waals surface area (Å²) < 4.78 is 61.4. The van der Waals surface area contributed by atoms with E-state index in [-0.39, 0.29) is 35.1 Å². The van der Waals surface area contributed by atoms with Crippen LogP contribution in [0.4, 0.5) is 14.7 Å². The highest BCUT2D eigenvalue weighted by atomic mass is 32.2. The molecule has 55 heavy (non-hydrogen) atoms. The van der Waals surface area contributed by atoms with Crippen LogP contribution in [0.15, 0.2) is 10.5 Å². The van der Waals surface area contributed by atoms with Crippen LogP contribution in [0, 0.1) is 0 Å². The number of ether oxygens (including phenoxy) is 5. The normalized spacial score (nSPS) is 19.8. The molecule has 1 unspecified atom stereocenters. The van der Waals surface area contributed by atoms with Crippen LogP contribution in [0.2, 0.25) is 25.7 Å². The zero-order chi connectivity index (χ0) is 41.7. The molecular formula is C32H52N6O14S2Si. The second-order valence-electron chi connectivity index (χ2n) is 16.5. The Balaban J connectivity index is 1.81. The van der Waals surface area contributed by atoms with Gasteiger partial charge in [-0.05, 0) is 61.4 Å². The molecule has 0 saturated carbocycles. The van der Waals surface area contributed by atoms with E-state index in [1.165, 1.54) is 19.2 Å². The van der Waals surface area contributed by atoms with Gasteiger partial charge in [0.25, 0.3) is 11.8 Å². The lowest BCUT2D eigenvalue weighted by atomic mass is 9.97. The second kappa shape index (κ2) is 17.5. The van der Waals surface area contributed by atoms with Crippen LogP contribution < -0.4 is 10.6 Å². The molecule has 310 valence electrons. The Morgan fingerprint density at radius 1 is 1.05 bits per heavy atom. The number of carbonyl (C=O) groups excluding carboxylic acids is 5. The maximum Gasteiger partial charge on any atom is 0.413 e. The molecular weight excluding hydrogens is 785 g/mol. The third kappa shape index (κ3) is 14.0. The number of thiazole rings is 1. The third-order valence-electron chi connectivity index (χ3n) is 7.35. The molecule has 3 heterocycles. The predicted molar refractivity (Wildman–Crippen MR) is 200 cm³/mol. The van der Waals surface area contributed by atoms with Crippen LogP contribution in [-0.4, -0.2) is 139 Å². The minimum atomic E-state index is -5.14. The van der Waals surface area contributed by atoms with Gasteiger partial charge in [-0.3, -0.25) is 19.5 Å². The van der Waals surface area contributed by atoms with E-state index in [1.54, 1.807) is 41.5 Å². The molecule has 1 aromatic heterocycles. The Hall–Kier alpha value is -3.90. The van der Waals surface area contributed by atoms with Gasteiger partial charge in [0, 0.05) is 26.6 Å². The summed E-state index contributed by atoms with van der Waals surface area (Å²) in [5, 5.41) is 9.99. The number of anilines is 1. The summed E-state index contributed by atoms with van der Waals surface area (Å²) in [6, 6.07) is -2.16. The van der Waals surface area contributed by atoms with Crippen molar-refractivity contribution in [1.29, 1.82) is 0 Å². The van der Waals surface area contributed by atoms with Gasteiger partial charge in [0.2, 0.25) is 5.60 Å². The third-order valence-corrected chi connectivity index (χ3v) is 10.8. The molecule has 4 amide bonds. The first-order valence-corrected chi connectivity index (χ1v) is 23.2. The minimum absolute atomic E-state index is 0.0180. The fourth-order valence-electron chi connectivity index (χ4n) is 4.70. The van der Waals surface area contributed by atoms with Gasteiger partial charge < -0.3 is 38.7 Å². The van der Waals surface area contributed by atoms with Crippen LogP contribution in [0.25, 0.3) is 0 Å². The van der Waals surface area contributed by atoms with Gasteiger partial charge in [0.05, 0.1) is 19.2 Å². The van der Waals surface area contributed by atoms with Gasteiger partial charge in [0.1, 0.15) is 35.8 Å². The molecule has 23 heteroatoms. The first-order valence-electron chi connectivity index (χ1n) is 17.2. The predicted octanol–water partition coefficient (Wildman–Crippen LogP) is 2.98. The zero-order valence-electron chi connectivity index (χ0n) is 32.9. The fourth-order valence-corrected chi connectivity index (χ4v) is 7.00. The number of esters is 1. The SMILES string of the molecule is CC(C)(C)OC(=O)Nc1nc(/C(=N/OC(C)(C)C(=O)OC(C)(C)C)C(=O)N[C@@H]2C(=O)N(S(=O)(=O)O)[C@@H]2CN2CC(COCOCC[Si](C)(C)C)OC2=O)cs1. The summed E-state index contributed by atoms with van der Waals surface area (Å²) in [5.41, 5.74) is -4.25. The van der Waals surface area contributed by atoms with Crippen molar-refractivity contribution in [2.45, 2.75) is 116 Å². The number of nitrogens with zero attached hydrogens (tertiary/aromatic N) is 4. The summed E-state index contributed by atoms with van der Waals surface area (Å²) in [5.74, 6) is -3.18. The lowest BCUT2D eigenvalue weighted by Crippen LogP contribution is -2.74. The molecule has 20 nitrogen and oxygen atoms in total. The van der Waals surface area contributed by atoms with Crippen molar-refractivity contribution in [3.8, 4) is 0 Å². The van der Waals surface area contributed by atoms with Gasteiger partial charge in [-0.15, -0.1) is 11.3 Å².